The summed E-state index contributed by atoms with van der Waals surface area (Å²) >= 11 is 5.55. The Hall–Kier alpha value is -0.665. The third-order valence-corrected chi connectivity index (χ3v) is 1.36. The van der Waals surface area contributed by atoms with Gasteiger partial charge >= 0.3 is 7.48 Å². The summed E-state index contributed by atoms with van der Waals surface area (Å²) in [4.78, 5) is 0. The summed E-state index contributed by atoms with van der Waals surface area (Å²) < 4.78 is 0. The number of phenols is 1. The van der Waals surface area contributed by atoms with Gasteiger partial charge in [0.05, 0.1) is 0 Å². The van der Waals surface area contributed by atoms with Gasteiger partial charge < -0.3 is 10.1 Å². The molecule has 0 aromatic heterocycles. The molecular formula is C6H5BClO2. The van der Waals surface area contributed by atoms with Gasteiger partial charge in [-0.3, -0.25) is 0 Å². The van der Waals surface area contributed by atoms with E-state index < -0.39 is 0 Å². The number of hydrogen-bond donors (Lipinski definition) is 2. The lowest BCUT2D eigenvalue weighted by Crippen LogP contribution is -2.13. The van der Waals surface area contributed by atoms with Crippen molar-refractivity contribution < 1.29 is 10.1 Å². The maximum absolute atomic E-state index is 8.99. The average molecular weight is 155 g/mol. The Morgan fingerprint density at radius 2 is 2.10 bits per heavy atom. The van der Waals surface area contributed by atoms with Crippen LogP contribution in [0, 0.1) is 0 Å². The van der Waals surface area contributed by atoms with Crippen molar-refractivity contribution in [2.75, 3.05) is 0 Å². The minimum atomic E-state index is 0.0203. The zero-order valence-corrected chi connectivity index (χ0v) is 5.84. The van der Waals surface area contributed by atoms with Gasteiger partial charge in [-0.1, -0.05) is 11.6 Å². The van der Waals surface area contributed by atoms with E-state index in [0.717, 1.165) is 7.48 Å². The minimum absolute atomic E-state index is 0.0203. The predicted octanol–water partition coefficient (Wildman–Crippen LogP) is 0.282. The lowest BCUT2D eigenvalue weighted by atomic mass is 9.88. The quantitative estimate of drug-likeness (QED) is 0.572. The third kappa shape index (κ3) is 1.43. The smallest absolute Gasteiger partial charge is 0.330 e. The van der Waals surface area contributed by atoms with Crippen molar-refractivity contribution in [3.63, 3.8) is 0 Å². The third-order valence-electron chi connectivity index (χ3n) is 1.13. The molecule has 0 saturated carbocycles. The Morgan fingerprint density at radius 1 is 1.40 bits per heavy atom. The molecule has 0 bridgehead atoms. The number of phenolic OH excluding ortho intramolecular Hbond substituents is 1. The van der Waals surface area contributed by atoms with E-state index in [1.807, 2.05) is 0 Å². The lowest BCUT2D eigenvalue weighted by molar-refractivity contribution is 0.478. The van der Waals surface area contributed by atoms with Crippen molar-refractivity contribution in [1.29, 1.82) is 0 Å². The van der Waals surface area contributed by atoms with Crippen LogP contribution >= 0.6 is 11.6 Å². The summed E-state index contributed by atoms with van der Waals surface area (Å²) in [6, 6.07) is 4.44. The SMILES string of the molecule is O[B]c1cc(Cl)ccc1O. The van der Waals surface area contributed by atoms with Crippen molar-refractivity contribution in [2.24, 2.45) is 0 Å². The van der Waals surface area contributed by atoms with E-state index in [0.29, 0.717) is 10.5 Å². The van der Waals surface area contributed by atoms with Crippen molar-refractivity contribution in [1.82, 2.24) is 0 Å². The maximum atomic E-state index is 8.99. The first-order chi connectivity index (χ1) is 4.74. The van der Waals surface area contributed by atoms with E-state index >= 15 is 0 Å². The van der Waals surface area contributed by atoms with E-state index in [-0.39, 0.29) is 5.75 Å². The van der Waals surface area contributed by atoms with E-state index in [1.54, 1.807) is 6.07 Å². The number of rotatable bonds is 1. The highest BCUT2D eigenvalue weighted by atomic mass is 35.5. The monoisotopic (exact) mass is 155 g/mol. The summed E-state index contributed by atoms with van der Waals surface area (Å²) in [7, 11) is 0.807. The molecule has 2 nitrogen and oxygen atoms in total. The molecule has 0 aliphatic heterocycles. The molecule has 0 amide bonds. The molecule has 0 aliphatic carbocycles. The van der Waals surface area contributed by atoms with Crippen LogP contribution in [0.4, 0.5) is 0 Å². The summed E-state index contributed by atoms with van der Waals surface area (Å²) in [5, 5.41) is 18.0. The summed E-state index contributed by atoms with van der Waals surface area (Å²) in [5.74, 6) is 0.0203. The highest BCUT2D eigenvalue weighted by molar-refractivity contribution is 6.47. The van der Waals surface area contributed by atoms with Gasteiger partial charge in [-0.05, 0) is 23.7 Å². The van der Waals surface area contributed by atoms with Crippen molar-refractivity contribution in [2.45, 2.75) is 0 Å². The van der Waals surface area contributed by atoms with Crippen LogP contribution in [-0.2, 0) is 0 Å². The Balaban J connectivity index is 3.09. The standard InChI is InChI=1S/C6H5BClO2/c8-4-1-2-6(9)5(3-4)7-10/h1-3,9-10H. The first kappa shape index (κ1) is 7.44. The van der Waals surface area contributed by atoms with E-state index in [9.17, 15) is 0 Å². The number of aromatic hydroxyl groups is 1. The van der Waals surface area contributed by atoms with E-state index in [4.69, 9.17) is 21.7 Å². The molecule has 0 aliphatic rings. The molecule has 1 aromatic carbocycles. The van der Waals surface area contributed by atoms with Crippen LogP contribution in [0.2, 0.25) is 5.02 Å². The summed E-state index contributed by atoms with van der Waals surface area (Å²) in [6.07, 6.45) is 0. The van der Waals surface area contributed by atoms with Crippen molar-refractivity contribution in [3.05, 3.63) is 23.2 Å². The largest absolute Gasteiger partial charge is 0.508 e. The molecule has 10 heavy (non-hydrogen) atoms. The Labute approximate surface area is 64.3 Å². The van der Waals surface area contributed by atoms with Crippen molar-refractivity contribution >= 4 is 24.5 Å². The fraction of sp³-hybridized carbons (Fsp3) is 0. The Kier molecular flexibility index (Phi) is 2.19. The van der Waals surface area contributed by atoms with Gasteiger partial charge in [-0.15, -0.1) is 0 Å². The van der Waals surface area contributed by atoms with Gasteiger partial charge in [-0.25, -0.2) is 0 Å². The molecule has 1 rings (SSSR count). The molecule has 0 saturated heterocycles. The molecule has 0 spiro atoms. The van der Waals surface area contributed by atoms with Gasteiger partial charge in [0.15, 0.2) is 0 Å². The summed E-state index contributed by atoms with van der Waals surface area (Å²) in [5.41, 5.74) is 0.326. The maximum Gasteiger partial charge on any atom is 0.330 e. The molecule has 0 heterocycles. The fourth-order valence-electron chi connectivity index (χ4n) is 0.629. The number of halogens is 1. The molecule has 0 atom stereocenters. The molecule has 2 N–H and O–H groups in total. The molecule has 0 unspecified atom stereocenters. The first-order valence-corrected chi connectivity index (χ1v) is 3.08. The van der Waals surface area contributed by atoms with E-state index in [2.05, 4.69) is 0 Å². The van der Waals surface area contributed by atoms with Crippen LogP contribution in [0.5, 0.6) is 5.75 Å². The molecule has 4 heteroatoms. The average Bonchev–Trinajstić information content (AvgIpc) is 1.94. The molecular weight excluding hydrogens is 150 g/mol. The zero-order chi connectivity index (χ0) is 7.56. The van der Waals surface area contributed by atoms with Crippen molar-refractivity contribution in [3.8, 4) is 5.75 Å². The normalized spacial score (nSPS) is 9.40. The van der Waals surface area contributed by atoms with Crippen LogP contribution in [-0.4, -0.2) is 17.6 Å². The van der Waals surface area contributed by atoms with E-state index in [1.165, 1.54) is 12.1 Å². The van der Waals surface area contributed by atoms with Gasteiger partial charge in [0, 0.05) is 5.02 Å². The van der Waals surface area contributed by atoms with Gasteiger partial charge in [-0.2, -0.15) is 0 Å². The highest BCUT2D eigenvalue weighted by Gasteiger charge is 2.00. The first-order valence-electron chi connectivity index (χ1n) is 2.70. The molecule has 0 fully saturated rings. The van der Waals surface area contributed by atoms with Crippen LogP contribution in [0.3, 0.4) is 0 Å². The fourth-order valence-corrected chi connectivity index (χ4v) is 0.809. The number of benzene rings is 1. The number of hydrogen-bond acceptors (Lipinski definition) is 2. The molecule has 1 aromatic rings. The highest BCUT2D eigenvalue weighted by Crippen LogP contribution is 2.10. The van der Waals surface area contributed by atoms with Crippen LogP contribution < -0.4 is 5.46 Å². The van der Waals surface area contributed by atoms with Crippen LogP contribution in [0.1, 0.15) is 0 Å². The second-order valence-corrected chi connectivity index (χ2v) is 2.27. The minimum Gasteiger partial charge on any atom is -0.508 e. The Bertz CT molecular complexity index is 239. The van der Waals surface area contributed by atoms with Crippen LogP contribution in [0.15, 0.2) is 18.2 Å². The predicted molar refractivity (Wildman–Crippen MR) is 40.7 cm³/mol. The Morgan fingerprint density at radius 3 is 2.60 bits per heavy atom. The van der Waals surface area contributed by atoms with Gasteiger partial charge in [0.25, 0.3) is 0 Å². The summed E-state index contributed by atoms with van der Waals surface area (Å²) in [6.45, 7) is 0. The topological polar surface area (TPSA) is 40.5 Å². The van der Waals surface area contributed by atoms with Gasteiger partial charge in [0.1, 0.15) is 5.75 Å². The molecule has 51 valence electrons. The second-order valence-electron chi connectivity index (χ2n) is 1.83. The zero-order valence-electron chi connectivity index (χ0n) is 5.08. The molecule has 1 radical (unpaired) electrons. The lowest BCUT2D eigenvalue weighted by Gasteiger charge is -1.97. The van der Waals surface area contributed by atoms with Crippen LogP contribution in [0.25, 0.3) is 0 Å². The second kappa shape index (κ2) is 2.95. The van der Waals surface area contributed by atoms with Gasteiger partial charge in [0.2, 0.25) is 0 Å².